The summed E-state index contributed by atoms with van der Waals surface area (Å²) >= 11 is 3.44. The van der Waals surface area contributed by atoms with Crippen LogP contribution in [0.4, 0.5) is 0 Å². The van der Waals surface area contributed by atoms with Crippen LogP contribution in [0, 0.1) is 4.91 Å². The molecule has 0 saturated heterocycles. The number of unbranched alkanes of at least 4 members (excludes halogenated alkanes) is 11. The van der Waals surface area contributed by atoms with Crippen molar-refractivity contribution in [1.82, 2.24) is 0 Å². The molecule has 0 aliphatic carbocycles. The Kier molecular flexibility index (Phi) is 16.2. The predicted molar refractivity (Wildman–Crippen MR) is 97.1 cm³/mol. The second-order valence-corrected chi connectivity index (χ2v) is 6.36. The van der Waals surface area contributed by atoms with Crippen molar-refractivity contribution in [3.05, 3.63) is 17.1 Å². The van der Waals surface area contributed by atoms with Crippen LogP contribution in [0.15, 0.2) is 12.2 Å². The summed E-state index contributed by atoms with van der Waals surface area (Å²) in [7, 11) is 0. The zero-order valence-electron chi connectivity index (χ0n) is 14.3. The summed E-state index contributed by atoms with van der Waals surface area (Å²) in [6, 6.07) is 0. The molecule has 0 unspecified atom stereocenters. The molecule has 0 aromatic rings. The van der Waals surface area contributed by atoms with E-state index >= 15 is 0 Å². The Morgan fingerprint density at radius 3 is 1.77 bits per heavy atom. The van der Waals surface area contributed by atoms with E-state index in [9.17, 15) is 9.70 Å². The summed E-state index contributed by atoms with van der Waals surface area (Å²) in [4.78, 5) is 21.6. The fourth-order valence-corrected chi connectivity index (χ4v) is 2.54. The molecule has 0 rings (SSSR count). The molecule has 0 heterocycles. The molecule has 1 amide bonds. The number of thiol groups is 1. The number of carbonyl (C=O) groups excluding carboxylic acids is 1. The van der Waals surface area contributed by atoms with E-state index in [1.54, 1.807) is 0 Å². The van der Waals surface area contributed by atoms with Crippen LogP contribution in [-0.4, -0.2) is 10.1 Å². The molecular weight excluding hydrogens is 294 g/mol. The minimum absolute atomic E-state index is 0.134. The van der Waals surface area contributed by atoms with Gasteiger partial charge in [-0.05, 0) is 32.1 Å². The van der Waals surface area contributed by atoms with Crippen molar-refractivity contribution in [2.45, 2.75) is 96.8 Å². The molecule has 0 aliphatic heterocycles. The molecule has 0 fully saturated rings. The molecule has 0 atom stereocenters. The Balaban J connectivity index is 3.17. The first kappa shape index (κ1) is 21.4. The third-order valence-electron chi connectivity index (χ3n) is 3.87. The summed E-state index contributed by atoms with van der Waals surface area (Å²) in [5, 5.41) is 0. The van der Waals surface area contributed by atoms with E-state index in [1.807, 2.05) is 0 Å². The molecule has 0 aromatic heterocycles. The molecule has 0 bridgehead atoms. The van der Waals surface area contributed by atoms with E-state index in [2.05, 4.69) is 31.9 Å². The third kappa shape index (κ3) is 15.7. The first-order valence-electron chi connectivity index (χ1n) is 9.02. The quantitative estimate of drug-likeness (QED) is 0.169. The Morgan fingerprint density at radius 2 is 1.27 bits per heavy atom. The number of hydrogen-bond donors (Lipinski definition) is 1. The monoisotopic (exact) mass is 328 g/mol. The van der Waals surface area contributed by atoms with Gasteiger partial charge in [-0.1, -0.05) is 70.4 Å². The van der Waals surface area contributed by atoms with Gasteiger partial charge in [-0.15, -0.1) is 0 Å². The number of carbonyl (C=O) groups is 1. The van der Waals surface area contributed by atoms with Crippen LogP contribution in [0.25, 0.3) is 0 Å². The van der Waals surface area contributed by atoms with Gasteiger partial charge in [0.25, 0.3) is 0 Å². The highest BCUT2D eigenvalue weighted by atomic mass is 32.1. The molecule has 128 valence electrons. The van der Waals surface area contributed by atoms with E-state index in [1.165, 1.54) is 64.2 Å². The first-order chi connectivity index (χ1) is 10.7. The van der Waals surface area contributed by atoms with Crippen LogP contribution < -0.4 is 0 Å². The van der Waals surface area contributed by atoms with Crippen molar-refractivity contribution in [2.75, 3.05) is 0 Å². The highest BCUT2D eigenvalue weighted by Gasteiger charge is 2.16. The van der Waals surface area contributed by atoms with Gasteiger partial charge in [0, 0.05) is 4.91 Å². The second kappa shape index (κ2) is 16.7. The maximum Gasteiger partial charge on any atom is 0.448 e. The van der Waals surface area contributed by atoms with Crippen LogP contribution in [-0.2, 0) is 4.79 Å². The zero-order chi connectivity index (χ0) is 16.5. The van der Waals surface area contributed by atoms with Crippen LogP contribution in [0.3, 0.4) is 0 Å². The maximum atomic E-state index is 11.0. The van der Waals surface area contributed by atoms with E-state index in [-0.39, 0.29) is 4.17 Å². The van der Waals surface area contributed by atoms with Gasteiger partial charge in [-0.25, -0.2) is 4.79 Å². The third-order valence-corrected chi connectivity index (χ3v) is 4.09. The molecule has 0 aromatic carbocycles. The summed E-state index contributed by atoms with van der Waals surface area (Å²) in [6.07, 6.45) is 20.9. The molecule has 3 nitrogen and oxygen atoms in total. The average Bonchev–Trinajstić information content (AvgIpc) is 2.50. The number of nitrogens with zero attached hydrogens (tertiary/aromatic N) is 1. The lowest BCUT2D eigenvalue weighted by atomic mass is 10.1. The predicted octanol–water partition coefficient (Wildman–Crippen LogP) is 6.17. The average molecular weight is 329 g/mol. The Hall–Kier alpha value is -0.640. The van der Waals surface area contributed by atoms with Crippen molar-refractivity contribution in [2.24, 2.45) is 0 Å². The summed E-state index contributed by atoms with van der Waals surface area (Å²) in [5.74, 6) is -0.430. The normalized spacial score (nSPS) is 11.2. The standard InChI is InChI=1S/C18H34NO2S/c1-2-3-4-5-6-7-8-9-10-11-12-13-14-15-16-17-18(20)19(21)22/h9-10H,2-8,11-17H2,1H3,(H,21,22)/q+1. The summed E-state index contributed by atoms with van der Waals surface area (Å²) < 4.78 is 0.134. The van der Waals surface area contributed by atoms with Gasteiger partial charge in [-0.3, -0.25) is 0 Å². The molecule has 0 N–H and O–H groups in total. The van der Waals surface area contributed by atoms with E-state index in [0.717, 1.165) is 19.3 Å². The zero-order valence-corrected chi connectivity index (χ0v) is 15.2. The second-order valence-electron chi connectivity index (χ2n) is 6.00. The van der Waals surface area contributed by atoms with Crippen molar-refractivity contribution in [3.63, 3.8) is 0 Å². The highest BCUT2D eigenvalue weighted by molar-refractivity contribution is 7.74. The van der Waals surface area contributed by atoms with Gasteiger partial charge in [0.2, 0.25) is 12.8 Å². The van der Waals surface area contributed by atoms with Crippen LogP contribution >= 0.6 is 12.8 Å². The number of allylic oxidation sites excluding steroid dienone is 2. The molecule has 0 aliphatic rings. The summed E-state index contributed by atoms with van der Waals surface area (Å²) in [6.45, 7) is 2.25. The lowest BCUT2D eigenvalue weighted by Crippen LogP contribution is -2.07. The fraction of sp³-hybridized carbons (Fsp3) is 0.833. The topological polar surface area (TPSA) is 37.1 Å². The van der Waals surface area contributed by atoms with Gasteiger partial charge in [0.05, 0.1) is 6.42 Å². The van der Waals surface area contributed by atoms with Crippen molar-refractivity contribution in [1.29, 1.82) is 0 Å². The maximum absolute atomic E-state index is 11.0. The van der Waals surface area contributed by atoms with Gasteiger partial charge < -0.3 is 0 Å². The Bertz CT molecular complexity index is 316. The lowest BCUT2D eigenvalue weighted by Gasteiger charge is -1.98. The Morgan fingerprint density at radius 1 is 0.818 bits per heavy atom. The van der Waals surface area contributed by atoms with Gasteiger partial charge in [0.15, 0.2) is 0 Å². The number of nitroso groups, excluding NO2 is 1. The van der Waals surface area contributed by atoms with Crippen LogP contribution in [0.1, 0.15) is 96.8 Å². The lowest BCUT2D eigenvalue weighted by molar-refractivity contribution is -0.307. The van der Waals surface area contributed by atoms with Gasteiger partial charge in [0.1, 0.15) is 4.17 Å². The van der Waals surface area contributed by atoms with Gasteiger partial charge >= 0.3 is 5.91 Å². The minimum atomic E-state index is -0.430. The van der Waals surface area contributed by atoms with E-state index in [0.29, 0.717) is 6.42 Å². The SMILES string of the molecule is CCCCCCCCC=CCCCCCCCC(=O)[N+](=O)S. The minimum Gasteiger partial charge on any atom is -0.214 e. The number of rotatable bonds is 15. The number of hydrogen-bond acceptors (Lipinski definition) is 2. The molecule has 22 heavy (non-hydrogen) atoms. The first-order valence-corrected chi connectivity index (χ1v) is 9.42. The smallest absolute Gasteiger partial charge is 0.214 e. The molecule has 0 spiro atoms. The van der Waals surface area contributed by atoms with Crippen LogP contribution in [0.5, 0.6) is 0 Å². The Labute approximate surface area is 142 Å². The van der Waals surface area contributed by atoms with Gasteiger partial charge in [-0.2, -0.15) is 0 Å². The molecule has 0 radical (unpaired) electrons. The van der Waals surface area contributed by atoms with Crippen LogP contribution in [0.2, 0.25) is 0 Å². The van der Waals surface area contributed by atoms with Crippen molar-refractivity contribution >= 4 is 18.7 Å². The van der Waals surface area contributed by atoms with Crippen molar-refractivity contribution < 1.29 is 8.96 Å². The van der Waals surface area contributed by atoms with E-state index < -0.39 is 5.91 Å². The van der Waals surface area contributed by atoms with Crippen molar-refractivity contribution in [3.8, 4) is 0 Å². The fourth-order valence-electron chi connectivity index (χ4n) is 2.44. The number of amides is 1. The molecule has 4 heteroatoms. The highest BCUT2D eigenvalue weighted by Crippen LogP contribution is 2.10. The largest absolute Gasteiger partial charge is 0.448 e. The molecular formula is C18H34NO2S+. The van der Waals surface area contributed by atoms with E-state index in [4.69, 9.17) is 0 Å². The molecule has 0 saturated carbocycles. The summed E-state index contributed by atoms with van der Waals surface area (Å²) in [5.41, 5.74) is 0.